The quantitative estimate of drug-likeness (QED) is 0.646. The first-order chi connectivity index (χ1) is 13.8. The van der Waals surface area contributed by atoms with Gasteiger partial charge in [-0.3, -0.25) is 14.1 Å². The highest BCUT2D eigenvalue weighted by Gasteiger charge is 2.22. The van der Waals surface area contributed by atoms with Gasteiger partial charge in [0.15, 0.2) is 0 Å². The molecule has 0 fully saturated rings. The third-order valence-electron chi connectivity index (χ3n) is 4.44. The maximum Gasteiger partial charge on any atom is 0.264 e. The molecule has 0 atom stereocenters. The Morgan fingerprint density at radius 1 is 1.07 bits per heavy atom. The minimum atomic E-state index is -3.74. The standard InChI is InChI=1S/C21H20ClN3O3S/c1-15-3-6-18(7-4-15)29(27,28)25(2)17-5-8-19(20(22)13-17)21(26)24-14-16-9-11-23-12-10-16/h3-13H,14H2,1-2H3,(H,24,26). The molecule has 0 saturated heterocycles. The Balaban J connectivity index is 1.77. The Morgan fingerprint density at radius 2 is 1.72 bits per heavy atom. The van der Waals surface area contributed by atoms with Gasteiger partial charge in [0.05, 0.1) is 21.2 Å². The summed E-state index contributed by atoms with van der Waals surface area (Å²) in [6.07, 6.45) is 3.29. The predicted molar refractivity (Wildman–Crippen MR) is 114 cm³/mol. The molecule has 6 nitrogen and oxygen atoms in total. The zero-order chi connectivity index (χ0) is 21.0. The van der Waals surface area contributed by atoms with Crippen LogP contribution < -0.4 is 9.62 Å². The lowest BCUT2D eigenvalue weighted by Gasteiger charge is -2.20. The van der Waals surface area contributed by atoms with Crippen molar-refractivity contribution in [2.45, 2.75) is 18.4 Å². The molecule has 0 aliphatic rings. The number of carbonyl (C=O) groups is 1. The highest BCUT2D eigenvalue weighted by atomic mass is 35.5. The minimum absolute atomic E-state index is 0.167. The summed E-state index contributed by atoms with van der Waals surface area (Å²) in [5.74, 6) is -0.345. The van der Waals surface area contributed by atoms with E-state index < -0.39 is 10.0 Å². The number of carbonyl (C=O) groups excluding carboxylic acids is 1. The summed E-state index contributed by atoms with van der Waals surface area (Å²) in [6.45, 7) is 2.22. The van der Waals surface area contributed by atoms with E-state index in [4.69, 9.17) is 11.6 Å². The Morgan fingerprint density at radius 3 is 2.34 bits per heavy atom. The van der Waals surface area contributed by atoms with Crippen LogP contribution in [0.1, 0.15) is 21.5 Å². The fraction of sp³-hybridized carbons (Fsp3) is 0.143. The second-order valence-corrected chi connectivity index (χ2v) is 8.86. The average molecular weight is 430 g/mol. The molecular weight excluding hydrogens is 410 g/mol. The van der Waals surface area contributed by atoms with Gasteiger partial charge in [-0.15, -0.1) is 0 Å². The highest BCUT2D eigenvalue weighted by molar-refractivity contribution is 7.92. The second-order valence-electron chi connectivity index (χ2n) is 6.49. The number of aromatic nitrogens is 1. The number of hydrogen-bond donors (Lipinski definition) is 1. The first-order valence-electron chi connectivity index (χ1n) is 8.81. The van der Waals surface area contributed by atoms with Crippen molar-refractivity contribution in [3.63, 3.8) is 0 Å². The van der Waals surface area contributed by atoms with E-state index in [9.17, 15) is 13.2 Å². The van der Waals surface area contributed by atoms with Gasteiger partial charge in [0.2, 0.25) is 0 Å². The monoisotopic (exact) mass is 429 g/mol. The summed E-state index contributed by atoms with van der Waals surface area (Å²) in [4.78, 5) is 16.5. The van der Waals surface area contributed by atoms with Crippen molar-refractivity contribution in [1.82, 2.24) is 10.3 Å². The molecule has 3 aromatic rings. The van der Waals surface area contributed by atoms with E-state index in [1.807, 2.05) is 6.92 Å². The van der Waals surface area contributed by atoms with Gasteiger partial charge in [-0.25, -0.2) is 8.42 Å². The van der Waals surface area contributed by atoms with Gasteiger partial charge in [0.1, 0.15) is 0 Å². The number of anilines is 1. The summed E-state index contributed by atoms with van der Waals surface area (Å²) in [7, 11) is -2.29. The van der Waals surface area contributed by atoms with Crippen LogP contribution in [0.25, 0.3) is 0 Å². The largest absolute Gasteiger partial charge is 0.348 e. The van der Waals surface area contributed by atoms with Crippen LogP contribution in [-0.4, -0.2) is 26.4 Å². The molecule has 0 spiro atoms. The Kier molecular flexibility index (Phi) is 6.20. The van der Waals surface area contributed by atoms with E-state index in [0.717, 1.165) is 15.4 Å². The first kappa shape index (κ1) is 20.8. The zero-order valence-corrected chi connectivity index (χ0v) is 17.5. The van der Waals surface area contributed by atoms with Gasteiger partial charge in [-0.05, 0) is 55.0 Å². The maximum atomic E-state index is 12.8. The number of aryl methyl sites for hydroxylation is 1. The summed E-state index contributed by atoms with van der Waals surface area (Å²) >= 11 is 6.27. The molecule has 1 aromatic heterocycles. The van der Waals surface area contributed by atoms with Crippen molar-refractivity contribution in [1.29, 1.82) is 0 Å². The van der Waals surface area contributed by atoms with Crippen molar-refractivity contribution in [2.75, 3.05) is 11.4 Å². The van der Waals surface area contributed by atoms with Crippen LogP contribution in [0, 0.1) is 6.92 Å². The molecule has 29 heavy (non-hydrogen) atoms. The fourth-order valence-electron chi connectivity index (χ4n) is 2.67. The SMILES string of the molecule is Cc1ccc(S(=O)(=O)N(C)c2ccc(C(=O)NCc3ccncc3)c(Cl)c2)cc1. The lowest BCUT2D eigenvalue weighted by molar-refractivity contribution is 0.0951. The third kappa shape index (κ3) is 4.75. The van der Waals surface area contributed by atoms with Crippen molar-refractivity contribution in [2.24, 2.45) is 0 Å². The number of pyridine rings is 1. The van der Waals surface area contributed by atoms with Crippen molar-refractivity contribution >= 4 is 33.2 Å². The molecule has 0 aliphatic heterocycles. The molecule has 3 rings (SSSR count). The highest BCUT2D eigenvalue weighted by Crippen LogP contribution is 2.27. The fourth-order valence-corrected chi connectivity index (χ4v) is 4.12. The predicted octanol–water partition coefficient (Wildman–Crippen LogP) is 3.80. The number of rotatable bonds is 6. The van der Waals surface area contributed by atoms with E-state index in [2.05, 4.69) is 10.3 Å². The molecule has 8 heteroatoms. The number of halogens is 1. The average Bonchev–Trinajstić information content (AvgIpc) is 2.72. The smallest absolute Gasteiger partial charge is 0.264 e. The van der Waals surface area contributed by atoms with Crippen LogP contribution in [0.2, 0.25) is 5.02 Å². The normalized spacial score (nSPS) is 11.1. The lowest BCUT2D eigenvalue weighted by atomic mass is 10.2. The first-order valence-corrected chi connectivity index (χ1v) is 10.6. The molecular formula is C21H20ClN3O3S. The minimum Gasteiger partial charge on any atom is -0.348 e. The Labute approximate surface area is 175 Å². The van der Waals surface area contributed by atoms with Crippen molar-refractivity contribution in [3.05, 3.63) is 88.7 Å². The van der Waals surface area contributed by atoms with E-state index in [1.165, 1.54) is 19.2 Å². The van der Waals surface area contributed by atoms with Crippen LogP contribution >= 0.6 is 11.6 Å². The molecule has 0 radical (unpaired) electrons. The second kappa shape index (κ2) is 8.63. The summed E-state index contributed by atoms with van der Waals surface area (Å²) in [5, 5.41) is 2.95. The third-order valence-corrected chi connectivity index (χ3v) is 6.56. The molecule has 1 amide bonds. The van der Waals surface area contributed by atoms with Crippen molar-refractivity contribution in [3.8, 4) is 0 Å². The van der Waals surface area contributed by atoms with Gasteiger partial charge in [-0.1, -0.05) is 29.3 Å². The molecule has 0 bridgehead atoms. The van der Waals surface area contributed by atoms with Crippen LogP contribution in [-0.2, 0) is 16.6 Å². The van der Waals surface area contributed by atoms with Gasteiger partial charge >= 0.3 is 0 Å². The van der Waals surface area contributed by atoms with Crippen LogP contribution in [0.15, 0.2) is 71.9 Å². The van der Waals surface area contributed by atoms with E-state index in [-0.39, 0.29) is 21.4 Å². The van der Waals surface area contributed by atoms with E-state index >= 15 is 0 Å². The van der Waals surface area contributed by atoms with Gasteiger partial charge < -0.3 is 5.32 Å². The number of amides is 1. The Hall–Kier alpha value is -2.90. The number of nitrogens with zero attached hydrogens (tertiary/aromatic N) is 2. The summed E-state index contributed by atoms with van der Waals surface area (Å²) in [5.41, 5.74) is 2.51. The van der Waals surface area contributed by atoms with Crippen LogP contribution in [0.5, 0.6) is 0 Å². The number of hydrogen-bond acceptors (Lipinski definition) is 4. The maximum absolute atomic E-state index is 12.8. The Bertz CT molecular complexity index is 1120. The number of benzene rings is 2. The van der Waals surface area contributed by atoms with Gasteiger partial charge in [0, 0.05) is 26.0 Å². The number of sulfonamides is 1. The van der Waals surface area contributed by atoms with Gasteiger partial charge in [-0.2, -0.15) is 0 Å². The molecule has 2 aromatic carbocycles. The number of nitrogens with one attached hydrogen (secondary N) is 1. The van der Waals surface area contributed by atoms with Crippen LogP contribution in [0.3, 0.4) is 0 Å². The molecule has 0 unspecified atom stereocenters. The summed E-state index contributed by atoms with van der Waals surface area (Å²) < 4.78 is 26.8. The molecule has 0 aliphatic carbocycles. The van der Waals surface area contributed by atoms with E-state index in [0.29, 0.717) is 12.2 Å². The van der Waals surface area contributed by atoms with Gasteiger partial charge in [0.25, 0.3) is 15.9 Å². The lowest BCUT2D eigenvalue weighted by Crippen LogP contribution is -2.27. The molecule has 150 valence electrons. The van der Waals surface area contributed by atoms with Crippen LogP contribution in [0.4, 0.5) is 5.69 Å². The summed E-state index contributed by atoms with van der Waals surface area (Å²) in [6, 6.07) is 14.7. The topological polar surface area (TPSA) is 79.4 Å². The molecule has 1 N–H and O–H groups in total. The molecule has 1 heterocycles. The van der Waals surface area contributed by atoms with Crippen molar-refractivity contribution < 1.29 is 13.2 Å². The zero-order valence-electron chi connectivity index (χ0n) is 16.0. The van der Waals surface area contributed by atoms with E-state index in [1.54, 1.807) is 54.9 Å². The molecule has 0 saturated carbocycles.